The molecule has 31 heteroatoms. The number of carbonyl (C=O) groups is 8. The Morgan fingerprint density at radius 3 is 1.45 bits per heavy atom. The average Bonchev–Trinajstić information content (AvgIpc) is 1.57. The topological polar surface area (TPSA) is 370 Å². The molecule has 2 aromatic carbocycles. The molecule has 0 unspecified atom stereocenters. The van der Waals surface area contributed by atoms with Crippen molar-refractivity contribution in [3.8, 4) is 28.5 Å². The van der Waals surface area contributed by atoms with Crippen LogP contribution in [0.15, 0.2) is 97.9 Å². The molecule has 0 radical (unpaired) electrons. The van der Waals surface area contributed by atoms with Crippen molar-refractivity contribution in [2.45, 2.75) is 281 Å². The number of carbonyl (C=O) groups excluding carboxylic acids is 8. The number of hydrogen-bond donors (Lipinski definition) is 3. The Kier molecular flexibility index (Phi) is 26.0. The number of Topliss-reactive ketones (excluding diaryl/α,β-unsaturated/α-hetero) is 2. The second-order valence-electron chi connectivity index (χ2n) is 36.2. The van der Waals surface area contributed by atoms with Crippen molar-refractivity contribution < 1.29 is 74.5 Å². The van der Waals surface area contributed by atoms with Gasteiger partial charge in [0.25, 0.3) is 6.01 Å². The number of halogens is 1. The second kappa shape index (κ2) is 34.8. The number of amides is 4. The van der Waals surface area contributed by atoms with E-state index in [4.69, 9.17) is 30.8 Å². The fourth-order valence-corrected chi connectivity index (χ4v) is 19.7. The highest BCUT2D eigenvalue weighted by Gasteiger charge is 2.65. The number of nitrogens with zero attached hydrogens (tertiary/aromatic N) is 10. The minimum atomic E-state index is -3.95. The predicted octanol–water partition coefficient (Wildman–Crippen LogP) is 12.8. The Bertz CT molecular complexity index is 5030. The van der Waals surface area contributed by atoms with Gasteiger partial charge >= 0.3 is 11.9 Å². The van der Waals surface area contributed by atoms with E-state index in [1.165, 1.54) is 9.80 Å². The van der Waals surface area contributed by atoms with Crippen molar-refractivity contribution in [2.75, 3.05) is 13.1 Å². The van der Waals surface area contributed by atoms with Crippen LogP contribution in [0.5, 0.6) is 6.01 Å². The molecule has 14 rings (SSSR count). The molecule has 0 spiro atoms. The van der Waals surface area contributed by atoms with E-state index >= 15 is 0 Å². The van der Waals surface area contributed by atoms with Gasteiger partial charge < -0.3 is 33.7 Å². The largest absolute Gasteiger partial charge is 0.460 e. The summed E-state index contributed by atoms with van der Waals surface area (Å²) >= 11 is 6.24. The summed E-state index contributed by atoms with van der Waals surface area (Å²) in [5.74, 6) is -5.81. The van der Waals surface area contributed by atoms with E-state index in [0.717, 1.165) is 71.9 Å². The average molecular weight is 1670 g/mol. The highest BCUT2D eigenvalue weighted by molar-refractivity contribution is 7.92. The smallest absolute Gasteiger partial charge is 0.307 e. The number of para-hydroxylation sites is 2. The molecule has 4 aromatic heterocycles. The molecule has 0 bridgehead atoms. The molecule has 3 N–H and O–H groups in total. The van der Waals surface area contributed by atoms with Crippen LogP contribution in [0.1, 0.15) is 236 Å². The number of aliphatic hydroxyl groups is 1. The Hall–Kier alpha value is -8.87. The van der Waals surface area contributed by atoms with Crippen LogP contribution < -0.4 is 14.2 Å². The molecule has 4 aliphatic heterocycles. The Morgan fingerprint density at radius 1 is 0.590 bits per heavy atom. The number of hydrogen-bond acceptors (Lipinski definition) is 22. The summed E-state index contributed by atoms with van der Waals surface area (Å²) in [6, 6.07) is 10.4. The summed E-state index contributed by atoms with van der Waals surface area (Å²) in [7, 11) is -7.84. The summed E-state index contributed by atoms with van der Waals surface area (Å²) in [5, 5.41) is 11.0. The van der Waals surface area contributed by atoms with Crippen LogP contribution in [0.25, 0.3) is 44.6 Å². The van der Waals surface area contributed by atoms with Crippen molar-refractivity contribution in [3.63, 3.8) is 0 Å². The maximum Gasteiger partial charge on any atom is 0.307 e. The number of aliphatic hydroxyl groups excluding tert-OH is 1. The molecule has 117 heavy (non-hydrogen) atoms. The van der Waals surface area contributed by atoms with Crippen molar-refractivity contribution >= 4 is 101 Å². The highest BCUT2D eigenvalue weighted by Crippen LogP contribution is 2.59. The van der Waals surface area contributed by atoms with Gasteiger partial charge in [0, 0.05) is 92.1 Å². The van der Waals surface area contributed by atoms with Crippen LogP contribution in [0, 0.1) is 34.5 Å². The van der Waals surface area contributed by atoms with Crippen LogP contribution >= 0.6 is 11.6 Å². The van der Waals surface area contributed by atoms with Crippen LogP contribution in [-0.2, 0) is 67.9 Å². The van der Waals surface area contributed by atoms with E-state index in [9.17, 15) is 60.3 Å². The van der Waals surface area contributed by atoms with Gasteiger partial charge in [-0.3, -0.25) is 72.3 Å². The zero-order valence-electron chi connectivity index (χ0n) is 69.2. The molecule has 632 valence electrons. The van der Waals surface area contributed by atoms with Crippen molar-refractivity contribution in [2.24, 2.45) is 34.5 Å². The number of ether oxygens (including phenoxy) is 3. The maximum absolute atomic E-state index is 14.7. The fourth-order valence-electron chi connectivity index (χ4n) is 16.6. The van der Waals surface area contributed by atoms with Gasteiger partial charge in [-0.1, -0.05) is 74.3 Å². The monoisotopic (exact) mass is 1670 g/mol. The first-order valence-corrected chi connectivity index (χ1v) is 44.6. The Balaban J connectivity index is 0.000000183. The summed E-state index contributed by atoms with van der Waals surface area (Å²) in [4.78, 5) is 140. The van der Waals surface area contributed by atoms with Crippen molar-refractivity contribution in [3.05, 3.63) is 103 Å². The van der Waals surface area contributed by atoms with E-state index in [1.807, 2.05) is 83.7 Å². The molecule has 2 saturated heterocycles. The zero-order chi connectivity index (χ0) is 84.5. The number of fused-ring (bicyclic) bond motifs is 6. The number of rotatable bonds is 16. The molecule has 10 atom stereocenters. The third-order valence-corrected chi connectivity index (χ3v) is 28.5. The van der Waals surface area contributed by atoms with Gasteiger partial charge in [0.15, 0.2) is 11.6 Å². The van der Waals surface area contributed by atoms with Crippen LogP contribution in [0.4, 0.5) is 0 Å². The van der Waals surface area contributed by atoms with E-state index in [-0.39, 0.29) is 98.9 Å². The van der Waals surface area contributed by atoms with E-state index in [0.29, 0.717) is 86.7 Å². The third kappa shape index (κ3) is 20.0. The Labute approximate surface area is 690 Å². The molecular formula is C86H113ClN12O16S2. The van der Waals surface area contributed by atoms with Gasteiger partial charge in [-0.05, 0) is 196 Å². The molecular weight excluding hydrogens is 1560 g/mol. The molecule has 8 aliphatic rings. The lowest BCUT2D eigenvalue weighted by molar-refractivity contribution is -0.159. The predicted molar refractivity (Wildman–Crippen MR) is 440 cm³/mol. The summed E-state index contributed by atoms with van der Waals surface area (Å²) in [6.45, 7) is 22.1. The first-order chi connectivity index (χ1) is 55.2. The minimum absolute atomic E-state index is 0.0324. The number of esters is 2. The SMILES string of the molecule is CC(C)(C)OC(=O)C[C@H]1CCCCC/C=C\[C@@H]2C[C@@]2(C(=O)NS(=O)(=O)C2(C)CC2)CC(=O)[C@@H]2C[C@@H](O)CN2C1=O.CC(C)n1c(Cl)nc2c(-c3cnccn3)cccc21.CC(C)n1c(O[C@@H]2C[C@H]3C(=O)C[C@]4(C(=O)NS(=O)(=O)C5(C)CC5)C[C@H]4/C=C\CCCCC[C@H](CC(=O)OC(C)(C)C)C(=O)N3C2)nc2c(-c3cnccn3)cccc21. The van der Waals surface area contributed by atoms with Gasteiger partial charge in [-0.2, -0.15) is 4.98 Å². The van der Waals surface area contributed by atoms with Gasteiger partial charge in [-0.15, -0.1) is 0 Å². The molecule has 4 aliphatic carbocycles. The van der Waals surface area contributed by atoms with Crippen molar-refractivity contribution in [1.29, 1.82) is 0 Å². The highest BCUT2D eigenvalue weighted by atomic mass is 35.5. The maximum atomic E-state index is 14.7. The number of benzene rings is 2. The van der Waals surface area contributed by atoms with Gasteiger partial charge in [0.1, 0.15) is 22.8 Å². The zero-order valence-corrected chi connectivity index (χ0v) is 71.6. The molecule has 4 saturated carbocycles. The van der Waals surface area contributed by atoms with E-state index < -0.39 is 111 Å². The third-order valence-electron chi connectivity index (χ3n) is 24.0. The minimum Gasteiger partial charge on any atom is -0.460 e. The quantitative estimate of drug-likeness (QED) is 0.0598. The lowest BCUT2D eigenvalue weighted by atomic mass is 9.90. The Morgan fingerprint density at radius 2 is 1.03 bits per heavy atom. The van der Waals surface area contributed by atoms with E-state index in [2.05, 4.69) is 48.2 Å². The number of ketones is 2. The van der Waals surface area contributed by atoms with Gasteiger partial charge in [0.2, 0.25) is 49.0 Å². The summed E-state index contributed by atoms with van der Waals surface area (Å²) in [5.41, 5.74) is 2.63. The van der Waals surface area contributed by atoms with Crippen LogP contribution in [-0.4, -0.2) is 176 Å². The summed E-state index contributed by atoms with van der Waals surface area (Å²) in [6.07, 6.45) is 25.3. The molecule has 8 heterocycles. The lowest BCUT2D eigenvalue weighted by Crippen LogP contribution is -2.47. The van der Waals surface area contributed by atoms with Crippen LogP contribution in [0.2, 0.25) is 5.28 Å². The van der Waals surface area contributed by atoms with Gasteiger partial charge in [-0.25, -0.2) is 21.8 Å². The summed E-state index contributed by atoms with van der Waals surface area (Å²) < 4.78 is 76.6. The second-order valence-corrected chi connectivity index (χ2v) is 40.9. The fraction of sp³-hybridized carbons (Fsp3) is 0.605. The van der Waals surface area contributed by atoms with Gasteiger partial charge in [0.05, 0.1) is 98.2 Å². The van der Waals surface area contributed by atoms with Crippen LogP contribution in [0.3, 0.4) is 0 Å². The van der Waals surface area contributed by atoms with Crippen molar-refractivity contribution in [1.82, 2.24) is 58.3 Å². The number of aromatic nitrogens is 8. The standard InChI is InChI=1S/C43H56N6O8S.C29H44N2O8S.C14H13ClN4/c1-27(2)49-33-16-12-15-31(32-25-44-19-20-45-32)37(33)46-40(49)56-30-22-34-35(50)24-43(39(53)47-58(54,55)42(6)17-18-42)23-29(43)14-11-9-7-8-10-13-28(38(52)48(34)26-30)21-36(51)57-41(3,4)5;1-27(2,3)39-24(34)14-19-10-8-6-5-7-9-11-20-16-29(20,26(36)30-40(37,38)28(4)12-13-28)17-23(33)22-15-21(32)18-31(22)25(19)35;1-9(2)19-12-5-3-4-10(13(12)18-14(19)15)11-8-16-6-7-17-11/h11-12,14-16,19-20,25,27-30,34H,7-10,13,17-18,21-24,26H2,1-6H3,(H,47,53);9,11,19-22,32H,5-8,10,12-18H2,1-4H3,(H,30,36);3-9H,1-2H3/b14-11-;11-9-;/t28-,29-,30-,34+,43-;19-,20-,21-,22+,29-;/m11./s1. The number of imidazole rings is 2. The lowest BCUT2D eigenvalue weighted by Gasteiger charge is -2.29. The molecule has 4 amide bonds. The number of nitrogens with one attached hydrogen (secondary N) is 2. The number of allylic oxidation sites excluding steroid dienone is 4. The van der Waals surface area contributed by atoms with E-state index in [1.54, 1.807) is 92.6 Å². The number of sulfonamides is 2. The first kappa shape index (κ1) is 87.4. The molecule has 28 nitrogen and oxygen atoms in total. The normalized spacial score (nSPS) is 26.7. The first-order valence-electron chi connectivity index (χ1n) is 41.3. The molecule has 6 aromatic rings. The molecule has 6 fully saturated rings.